The Morgan fingerprint density at radius 2 is 2.29 bits per heavy atom. The molecule has 0 atom stereocenters. The van der Waals surface area contributed by atoms with Gasteiger partial charge in [-0.25, -0.2) is 0 Å². The van der Waals surface area contributed by atoms with Crippen LogP contribution in [0.15, 0.2) is 16.7 Å². The van der Waals surface area contributed by atoms with Crippen LogP contribution in [0.3, 0.4) is 0 Å². The molecule has 1 amide bonds. The van der Waals surface area contributed by atoms with Crippen molar-refractivity contribution in [1.82, 2.24) is 5.32 Å². The third kappa shape index (κ3) is 2.12. The van der Waals surface area contributed by atoms with Crippen LogP contribution in [-0.2, 0) is 16.0 Å². The highest BCUT2D eigenvalue weighted by atomic mass is 16.5. The molecule has 0 aromatic carbocycles. The van der Waals surface area contributed by atoms with Gasteiger partial charge in [0, 0.05) is 7.05 Å². The topological polar surface area (TPSA) is 68.5 Å². The number of nitrogens with one attached hydrogen (secondary N) is 1. The van der Waals surface area contributed by atoms with Gasteiger partial charge in [0.05, 0.1) is 18.9 Å². The van der Waals surface area contributed by atoms with Crippen LogP contribution in [0.25, 0.3) is 0 Å². The summed E-state index contributed by atoms with van der Waals surface area (Å²) >= 11 is 0. The maximum Gasteiger partial charge on any atom is 0.313 e. The molecule has 1 aromatic rings. The number of ether oxygens (including phenoxy) is 1. The molecule has 1 N–H and O–H groups in total. The van der Waals surface area contributed by atoms with Crippen LogP contribution < -0.4 is 5.32 Å². The summed E-state index contributed by atoms with van der Waals surface area (Å²) in [5, 5.41) is 2.45. The molecule has 5 heteroatoms. The molecule has 0 saturated carbocycles. The standard InChI is InChI=1S/C9H11NO4/c1-10-9(12)6-3-4-14-7(6)5-8(11)13-2/h3-4H,5H2,1-2H3,(H,10,12). The Bertz CT molecular complexity index is 342. The van der Waals surface area contributed by atoms with Gasteiger partial charge in [0.15, 0.2) is 0 Å². The van der Waals surface area contributed by atoms with Crippen LogP contribution in [0, 0.1) is 0 Å². The summed E-state index contributed by atoms with van der Waals surface area (Å²) in [6.45, 7) is 0. The SMILES string of the molecule is CNC(=O)c1ccoc1CC(=O)OC. The Morgan fingerprint density at radius 3 is 2.86 bits per heavy atom. The maximum atomic E-state index is 11.2. The first-order valence-electron chi connectivity index (χ1n) is 4.04. The van der Waals surface area contributed by atoms with E-state index < -0.39 is 5.97 Å². The summed E-state index contributed by atoms with van der Waals surface area (Å²) in [6.07, 6.45) is 1.33. The molecule has 0 bridgehead atoms. The Balaban J connectivity index is 2.82. The van der Waals surface area contributed by atoms with Crippen molar-refractivity contribution in [3.63, 3.8) is 0 Å². The summed E-state index contributed by atoms with van der Waals surface area (Å²) in [7, 11) is 2.79. The van der Waals surface area contributed by atoms with Gasteiger partial charge in [-0.3, -0.25) is 9.59 Å². The van der Waals surface area contributed by atoms with Gasteiger partial charge in [-0.15, -0.1) is 0 Å². The van der Waals surface area contributed by atoms with Gasteiger partial charge in [0.1, 0.15) is 12.2 Å². The number of esters is 1. The molecule has 0 unspecified atom stereocenters. The summed E-state index contributed by atoms with van der Waals surface area (Å²) in [6, 6.07) is 1.51. The van der Waals surface area contributed by atoms with E-state index in [0.29, 0.717) is 11.3 Å². The number of methoxy groups -OCH3 is 1. The molecule has 14 heavy (non-hydrogen) atoms. The van der Waals surface area contributed by atoms with Crippen LogP contribution >= 0.6 is 0 Å². The predicted molar refractivity (Wildman–Crippen MR) is 47.8 cm³/mol. The van der Waals surface area contributed by atoms with Crippen LogP contribution in [0.1, 0.15) is 16.1 Å². The third-order valence-electron chi connectivity index (χ3n) is 1.75. The van der Waals surface area contributed by atoms with E-state index in [1.54, 1.807) is 0 Å². The van der Waals surface area contributed by atoms with Crippen molar-refractivity contribution >= 4 is 11.9 Å². The molecule has 0 aliphatic rings. The lowest BCUT2D eigenvalue weighted by Crippen LogP contribution is -2.19. The molecule has 0 fully saturated rings. The Kier molecular flexibility index (Phi) is 3.28. The largest absolute Gasteiger partial charge is 0.469 e. The van der Waals surface area contributed by atoms with E-state index in [1.807, 2.05) is 0 Å². The van der Waals surface area contributed by atoms with E-state index in [1.165, 1.54) is 26.5 Å². The van der Waals surface area contributed by atoms with E-state index in [4.69, 9.17) is 4.42 Å². The molecule has 0 radical (unpaired) electrons. The van der Waals surface area contributed by atoms with Crippen molar-refractivity contribution in [1.29, 1.82) is 0 Å². The summed E-state index contributed by atoms with van der Waals surface area (Å²) in [5.74, 6) is -0.404. The number of furan rings is 1. The minimum atomic E-state index is -0.440. The minimum absolute atomic E-state index is 0.0355. The van der Waals surface area contributed by atoms with E-state index in [9.17, 15) is 9.59 Å². The van der Waals surface area contributed by atoms with Crippen LogP contribution in [-0.4, -0.2) is 26.0 Å². The fraction of sp³-hybridized carbons (Fsp3) is 0.333. The molecule has 0 saturated heterocycles. The maximum absolute atomic E-state index is 11.2. The van der Waals surface area contributed by atoms with Crippen molar-refractivity contribution in [3.05, 3.63) is 23.7 Å². The van der Waals surface area contributed by atoms with E-state index in [0.717, 1.165) is 0 Å². The summed E-state index contributed by atoms with van der Waals surface area (Å²) in [5.41, 5.74) is 0.359. The molecular formula is C9H11NO4. The van der Waals surface area contributed by atoms with Crippen LogP contribution in [0.4, 0.5) is 0 Å². The quantitative estimate of drug-likeness (QED) is 0.710. The van der Waals surface area contributed by atoms with Gasteiger partial charge >= 0.3 is 5.97 Å². The van der Waals surface area contributed by atoms with Gasteiger partial charge in [-0.05, 0) is 6.07 Å². The number of hydrogen-bond acceptors (Lipinski definition) is 4. The first-order valence-corrected chi connectivity index (χ1v) is 4.04. The summed E-state index contributed by atoms with van der Waals surface area (Å²) < 4.78 is 9.46. The lowest BCUT2D eigenvalue weighted by molar-refractivity contribution is -0.140. The fourth-order valence-corrected chi connectivity index (χ4v) is 1.02. The van der Waals surface area contributed by atoms with Crippen LogP contribution in [0.2, 0.25) is 0 Å². The average Bonchev–Trinajstić information content (AvgIpc) is 2.64. The minimum Gasteiger partial charge on any atom is -0.469 e. The number of carbonyl (C=O) groups is 2. The van der Waals surface area contributed by atoms with Crippen molar-refractivity contribution in [2.45, 2.75) is 6.42 Å². The highest BCUT2D eigenvalue weighted by molar-refractivity contribution is 5.95. The lowest BCUT2D eigenvalue weighted by Gasteiger charge is -1.99. The van der Waals surface area contributed by atoms with Gasteiger partial charge in [-0.2, -0.15) is 0 Å². The second-order valence-electron chi connectivity index (χ2n) is 2.59. The molecule has 1 rings (SSSR count). The number of rotatable bonds is 3. The first kappa shape index (κ1) is 10.3. The fourth-order valence-electron chi connectivity index (χ4n) is 1.02. The van der Waals surface area contributed by atoms with Crippen molar-refractivity contribution in [2.75, 3.05) is 14.2 Å². The third-order valence-corrected chi connectivity index (χ3v) is 1.75. The average molecular weight is 197 g/mol. The van der Waals surface area contributed by atoms with Crippen molar-refractivity contribution in [2.24, 2.45) is 0 Å². The predicted octanol–water partition coefficient (Wildman–Crippen LogP) is 0.355. The van der Waals surface area contributed by atoms with Gasteiger partial charge in [0.25, 0.3) is 5.91 Å². The molecule has 76 valence electrons. The zero-order valence-electron chi connectivity index (χ0n) is 7.99. The second-order valence-corrected chi connectivity index (χ2v) is 2.59. The normalized spacial score (nSPS) is 9.57. The van der Waals surface area contributed by atoms with Crippen molar-refractivity contribution in [3.8, 4) is 0 Å². The molecule has 0 spiro atoms. The van der Waals surface area contributed by atoms with E-state index in [2.05, 4.69) is 10.1 Å². The van der Waals surface area contributed by atoms with Gasteiger partial charge < -0.3 is 14.5 Å². The Morgan fingerprint density at radius 1 is 1.57 bits per heavy atom. The second kappa shape index (κ2) is 4.45. The van der Waals surface area contributed by atoms with Gasteiger partial charge in [-0.1, -0.05) is 0 Å². The lowest BCUT2D eigenvalue weighted by atomic mass is 10.2. The highest BCUT2D eigenvalue weighted by Gasteiger charge is 2.16. The molecule has 1 aromatic heterocycles. The first-order chi connectivity index (χ1) is 6.69. The molecule has 5 nitrogen and oxygen atoms in total. The molecular weight excluding hydrogens is 186 g/mol. The Labute approximate surface area is 81.0 Å². The smallest absolute Gasteiger partial charge is 0.313 e. The van der Waals surface area contributed by atoms with Crippen LogP contribution in [0.5, 0.6) is 0 Å². The Hall–Kier alpha value is -1.78. The van der Waals surface area contributed by atoms with E-state index in [-0.39, 0.29) is 12.3 Å². The highest BCUT2D eigenvalue weighted by Crippen LogP contribution is 2.11. The molecule has 0 aliphatic carbocycles. The molecule has 1 heterocycles. The number of hydrogen-bond donors (Lipinski definition) is 1. The number of amides is 1. The van der Waals surface area contributed by atoms with Gasteiger partial charge in [0.2, 0.25) is 0 Å². The van der Waals surface area contributed by atoms with Crippen molar-refractivity contribution < 1.29 is 18.7 Å². The zero-order chi connectivity index (χ0) is 10.6. The molecule has 0 aliphatic heterocycles. The number of carbonyl (C=O) groups excluding carboxylic acids is 2. The zero-order valence-corrected chi connectivity index (χ0v) is 7.99. The van der Waals surface area contributed by atoms with E-state index >= 15 is 0 Å². The monoisotopic (exact) mass is 197 g/mol. The summed E-state index contributed by atoms with van der Waals surface area (Å²) in [4.78, 5) is 22.2.